The van der Waals surface area contributed by atoms with Crippen molar-refractivity contribution in [2.45, 2.75) is 24.6 Å². The summed E-state index contributed by atoms with van der Waals surface area (Å²) in [6.45, 7) is 2.01. The monoisotopic (exact) mass is 238 g/mol. The maximum atomic E-state index is 8.68. The fourth-order valence-electron chi connectivity index (χ4n) is 1.69. The summed E-state index contributed by atoms with van der Waals surface area (Å²) in [7, 11) is 0. The molecule has 1 atom stereocenters. The van der Waals surface area contributed by atoms with Gasteiger partial charge in [-0.1, -0.05) is 0 Å². The second-order valence-corrected chi connectivity index (χ2v) is 6.08. The Kier molecular flexibility index (Phi) is 4.07. The number of thiophene rings is 1. The molecule has 15 heavy (non-hydrogen) atoms. The van der Waals surface area contributed by atoms with Gasteiger partial charge in [-0.25, -0.2) is 0 Å². The van der Waals surface area contributed by atoms with Crippen molar-refractivity contribution in [2.75, 3.05) is 12.3 Å². The van der Waals surface area contributed by atoms with E-state index in [-0.39, 0.29) is 0 Å². The lowest BCUT2D eigenvalue weighted by atomic mass is 10.2. The van der Waals surface area contributed by atoms with Gasteiger partial charge < -0.3 is 5.32 Å². The van der Waals surface area contributed by atoms with Gasteiger partial charge in [0, 0.05) is 28.6 Å². The van der Waals surface area contributed by atoms with Crippen LogP contribution >= 0.6 is 23.1 Å². The van der Waals surface area contributed by atoms with Crippen LogP contribution in [0.4, 0.5) is 0 Å². The number of hydrogen-bond donors (Lipinski definition) is 1. The molecule has 0 spiro atoms. The first-order valence-corrected chi connectivity index (χ1v) is 7.11. The number of nitrogens with zero attached hydrogens (tertiary/aromatic N) is 1. The summed E-state index contributed by atoms with van der Waals surface area (Å²) in [6, 6.07) is 4.13. The van der Waals surface area contributed by atoms with Gasteiger partial charge in [0.25, 0.3) is 0 Å². The van der Waals surface area contributed by atoms with Crippen LogP contribution in [0, 0.1) is 11.3 Å². The first-order valence-electron chi connectivity index (χ1n) is 5.18. The van der Waals surface area contributed by atoms with E-state index in [1.807, 2.05) is 11.4 Å². The number of nitrogens with one attached hydrogen (secondary N) is 1. The van der Waals surface area contributed by atoms with E-state index in [0.29, 0.717) is 0 Å². The predicted molar refractivity (Wildman–Crippen MR) is 66.2 cm³/mol. The molecule has 1 aliphatic heterocycles. The summed E-state index contributed by atoms with van der Waals surface area (Å²) in [5, 5.41) is 14.9. The Bertz CT molecular complexity index is 348. The first kappa shape index (κ1) is 11.0. The molecule has 2 heterocycles. The van der Waals surface area contributed by atoms with E-state index in [1.165, 1.54) is 23.5 Å². The standard InChI is InChI=1S/C11H14N2S2/c12-5-9-4-11(15-8-9)7-13-6-10-2-1-3-14-10/h4,8,10,13H,1-3,6-7H2. The molecule has 1 fully saturated rings. The fourth-order valence-corrected chi connectivity index (χ4v) is 3.71. The van der Waals surface area contributed by atoms with Crippen molar-refractivity contribution in [1.29, 1.82) is 5.26 Å². The van der Waals surface area contributed by atoms with Crippen LogP contribution in [0.5, 0.6) is 0 Å². The number of nitriles is 1. The van der Waals surface area contributed by atoms with Crippen LogP contribution in [0.15, 0.2) is 11.4 Å². The third-order valence-corrected chi connectivity index (χ3v) is 4.81. The molecule has 1 N–H and O–H groups in total. The van der Waals surface area contributed by atoms with Crippen molar-refractivity contribution in [3.8, 4) is 6.07 Å². The van der Waals surface area contributed by atoms with Gasteiger partial charge in [0.1, 0.15) is 6.07 Å². The van der Waals surface area contributed by atoms with Crippen LogP contribution in [-0.2, 0) is 6.54 Å². The molecule has 1 aromatic heterocycles. The van der Waals surface area contributed by atoms with E-state index in [4.69, 9.17) is 5.26 Å². The van der Waals surface area contributed by atoms with E-state index in [0.717, 1.165) is 23.9 Å². The summed E-state index contributed by atoms with van der Waals surface area (Å²) in [6.07, 6.45) is 2.72. The summed E-state index contributed by atoms with van der Waals surface area (Å²) in [4.78, 5) is 1.26. The Balaban J connectivity index is 1.71. The van der Waals surface area contributed by atoms with E-state index in [9.17, 15) is 0 Å². The van der Waals surface area contributed by atoms with Gasteiger partial charge >= 0.3 is 0 Å². The summed E-state index contributed by atoms with van der Waals surface area (Å²) >= 11 is 3.74. The van der Waals surface area contributed by atoms with Crippen LogP contribution in [0.3, 0.4) is 0 Å². The summed E-state index contributed by atoms with van der Waals surface area (Å²) in [5.74, 6) is 1.32. The highest BCUT2D eigenvalue weighted by atomic mass is 32.2. The Morgan fingerprint density at radius 2 is 2.53 bits per heavy atom. The lowest BCUT2D eigenvalue weighted by molar-refractivity contribution is 0.650. The lowest BCUT2D eigenvalue weighted by Gasteiger charge is -2.08. The highest BCUT2D eigenvalue weighted by Gasteiger charge is 2.14. The van der Waals surface area contributed by atoms with Crippen molar-refractivity contribution in [1.82, 2.24) is 5.32 Å². The number of hydrogen-bond acceptors (Lipinski definition) is 4. The molecule has 0 amide bonds. The molecule has 1 aliphatic rings. The quantitative estimate of drug-likeness (QED) is 0.876. The van der Waals surface area contributed by atoms with Crippen molar-refractivity contribution < 1.29 is 0 Å². The molecule has 0 aromatic carbocycles. The van der Waals surface area contributed by atoms with Crippen molar-refractivity contribution in [3.63, 3.8) is 0 Å². The highest BCUT2D eigenvalue weighted by Crippen LogP contribution is 2.25. The topological polar surface area (TPSA) is 35.8 Å². The Hall–Kier alpha value is -0.500. The molecule has 1 unspecified atom stereocenters. The van der Waals surface area contributed by atoms with Gasteiger partial charge in [0.15, 0.2) is 0 Å². The molecule has 80 valence electrons. The van der Waals surface area contributed by atoms with Crippen molar-refractivity contribution in [3.05, 3.63) is 21.9 Å². The van der Waals surface area contributed by atoms with Crippen LogP contribution < -0.4 is 5.32 Å². The minimum Gasteiger partial charge on any atom is -0.311 e. The zero-order valence-corrected chi connectivity index (χ0v) is 10.2. The van der Waals surface area contributed by atoms with Crippen LogP contribution in [-0.4, -0.2) is 17.5 Å². The predicted octanol–water partition coefficient (Wildman–Crippen LogP) is 2.60. The summed E-state index contributed by atoms with van der Waals surface area (Å²) in [5.41, 5.74) is 0.784. The van der Waals surface area contributed by atoms with Gasteiger partial charge in [-0.3, -0.25) is 0 Å². The van der Waals surface area contributed by atoms with Gasteiger partial charge in [0.05, 0.1) is 5.56 Å². The van der Waals surface area contributed by atoms with Gasteiger partial charge in [-0.2, -0.15) is 17.0 Å². The molecule has 0 radical (unpaired) electrons. The van der Waals surface area contributed by atoms with E-state index in [2.05, 4.69) is 23.1 Å². The largest absolute Gasteiger partial charge is 0.311 e. The molecule has 0 bridgehead atoms. The van der Waals surface area contributed by atoms with Crippen LogP contribution in [0.2, 0.25) is 0 Å². The molecule has 4 heteroatoms. The lowest BCUT2D eigenvalue weighted by Crippen LogP contribution is -2.22. The van der Waals surface area contributed by atoms with E-state index >= 15 is 0 Å². The molecular formula is C11H14N2S2. The smallest absolute Gasteiger partial charge is 0.100 e. The average molecular weight is 238 g/mol. The Morgan fingerprint density at radius 3 is 3.20 bits per heavy atom. The first-order chi connectivity index (χ1) is 7.38. The summed E-state index contributed by atoms with van der Waals surface area (Å²) < 4.78 is 0. The normalized spacial score (nSPS) is 20.3. The van der Waals surface area contributed by atoms with Crippen LogP contribution in [0.25, 0.3) is 0 Å². The second kappa shape index (κ2) is 5.55. The SMILES string of the molecule is N#Cc1csc(CNCC2CCCS2)c1. The maximum absolute atomic E-state index is 8.68. The van der Waals surface area contributed by atoms with Crippen molar-refractivity contribution in [2.24, 2.45) is 0 Å². The van der Waals surface area contributed by atoms with Gasteiger partial charge in [-0.05, 0) is 24.7 Å². The zero-order chi connectivity index (χ0) is 10.5. The molecule has 1 aromatic rings. The zero-order valence-electron chi connectivity index (χ0n) is 8.53. The second-order valence-electron chi connectivity index (χ2n) is 3.68. The molecule has 0 aliphatic carbocycles. The minimum atomic E-state index is 0.784. The molecule has 2 nitrogen and oxygen atoms in total. The maximum Gasteiger partial charge on any atom is 0.100 e. The minimum absolute atomic E-state index is 0.784. The molecular weight excluding hydrogens is 224 g/mol. The fraction of sp³-hybridized carbons (Fsp3) is 0.545. The molecule has 0 saturated carbocycles. The molecule has 2 rings (SSSR count). The van der Waals surface area contributed by atoms with Gasteiger partial charge in [-0.15, -0.1) is 11.3 Å². The Labute approximate surface area is 98.7 Å². The third-order valence-electron chi connectivity index (χ3n) is 2.48. The average Bonchev–Trinajstić information content (AvgIpc) is 2.88. The van der Waals surface area contributed by atoms with E-state index < -0.39 is 0 Å². The highest BCUT2D eigenvalue weighted by molar-refractivity contribution is 8.00. The van der Waals surface area contributed by atoms with Crippen LogP contribution in [0.1, 0.15) is 23.3 Å². The third kappa shape index (κ3) is 3.23. The van der Waals surface area contributed by atoms with E-state index in [1.54, 1.807) is 11.3 Å². The molecule has 1 saturated heterocycles. The number of rotatable bonds is 4. The Morgan fingerprint density at radius 1 is 1.60 bits per heavy atom. The van der Waals surface area contributed by atoms with Gasteiger partial charge in [0.2, 0.25) is 0 Å². The number of thioether (sulfide) groups is 1. The van der Waals surface area contributed by atoms with Crippen molar-refractivity contribution >= 4 is 23.1 Å².